The number of esters is 1. The molecule has 2 aromatic heterocycles. The smallest absolute Gasteiger partial charge is 0.870 e. The average molecular weight is 395 g/mol. The van der Waals surface area contributed by atoms with E-state index < -0.39 is 0 Å². The van der Waals surface area contributed by atoms with E-state index in [1.54, 1.807) is 49.6 Å². The Hall–Kier alpha value is -2.03. The molecule has 0 aliphatic carbocycles. The Morgan fingerprint density at radius 2 is 1.93 bits per heavy atom. The number of aromatic nitrogens is 3. The normalized spacial score (nSPS) is 9.56. The monoisotopic (exact) mass is 394 g/mol. The predicted molar refractivity (Wildman–Crippen MR) is 97.9 cm³/mol. The maximum absolute atomic E-state index is 11.8. The molecule has 0 aliphatic heterocycles. The van der Waals surface area contributed by atoms with Crippen LogP contribution in [0.25, 0.3) is 11.3 Å². The number of hydrogen-bond donors (Lipinski definition) is 1. The Morgan fingerprint density at radius 1 is 1.15 bits per heavy atom. The number of pyridine rings is 1. The molecule has 0 radical (unpaired) electrons. The zero-order chi connectivity index (χ0) is 17.6. The second-order valence-electron chi connectivity index (χ2n) is 5.06. The van der Waals surface area contributed by atoms with Gasteiger partial charge in [0.25, 0.3) is 0 Å². The number of hydrogen-bond acceptors (Lipinski definition) is 7. The Bertz CT molecular complexity index is 911. The van der Waals surface area contributed by atoms with Gasteiger partial charge in [-0.1, -0.05) is 17.7 Å². The van der Waals surface area contributed by atoms with Gasteiger partial charge < -0.3 is 15.5 Å². The van der Waals surface area contributed by atoms with E-state index in [0.29, 0.717) is 34.7 Å². The molecule has 27 heavy (non-hydrogen) atoms. The summed E-state index contributed by atoms with van der Waals surface area (Å²) in [5.74, 6) is 0.0405. The standard InChI is InChI=1S/C18H15ClN4O2.Na.H2O/c1-2-25-17(24)13-4-3-5-14(10-13)22-18-21-9-7-15(23-18)12-6-8-20-16(19)11-12;;/h3-11H,2H2,1H3,(H,21,22,23);;1H2/q;+1;/p-1. The zero-order valence-electron chi connectivity index (χ0n) is 14.9. The van der Waals surface area contributed by atoms with Crippen molar-refractivity contribution in [3.63, 3.8) is 0 Å². The van der Waals surface area contributed by atoms with Crippen LogP contribution in [0.15, 0.2) is 54.9 Å². The molecule has 0 bridgehead atoms. The van der Waals surface area contributed by atoms with E-state index in [1.165, 1.54) is 0 Å². The van der Waals surface area contributed by atoms with Gasteiger partial charge >= 0.3 is 35.5 Å². The number of nitrogens with one attached hydrogen (secondary N) is 1. The molecule has 7 nitrogen and oxygen atoms in total. The maximum atomic E-state index is 11.8. The largest absolute Gasteiger partial charge is 1.00 e. The number of rotatable bonds is 5. The average Bonchev–Trinajstić information content (AvgIpc) is 2.62. The Balaban J connectivity index is 0.00000182. The van der Waals surface area contributed by atoms with Gasteiger partial charge in [0.05, 0.1) is 17.9 Å². The first-order valence-electron chi connectivity index (χ1n) is 7.65. The van der Waals surface area contributed by atoms with Gasteiger partial charge in [-0.05, 0) is 43.3 Å². The first-order valence-corrected chi connectivity index (χ1v) is 8.02. The van der Waals surface area contributed by atoms with E-state index in [-0.39, 0.29) is 41.0 Å². The van der Waals surface area contributed by atoms with Crippen LogP contribution in [0.4, 0.5) is 11.6 Å². The minimum Gasteiger partial charge on any atom is -0.870 e. The molecule has 134 valence electrons. The van der Waals surface area contributed by atoms with E-state index in [2.05, 4.69) is 20.3 Å². The fraction of sp³-hybridized carbons (Fsp3) is 0.111. The summed E-state index contributed by atoms with van der Waals surface area (Å²) in [5, 5.41) is 3.48. The van der Waals surface area contributed by atoms with Crippen LogP contribution in [0.1, 0.15) is 17.3 Å². The van der Waals surface area contributed by atoms with Crippen LogP contribution >= 0.6 is 11.6 Å². The number of benzene rings is 1. The topological polar surface area (TPSA) is 107 Å². The second-order valence-corrected chi connectivity index (χ2v) is 5.45. The van der Waals surface area contributed by atoms with Crippen molar-refractivity contribution >= 4 is 29.2 Å². The molecule has 9 heteroatoms. The summed E-state index contributed by atoms with van der Waals surface area (Å²) in [6.07, 6.45) is 3.27. The van der Waals surface area contributed by atoms with Crippen LogP contribution in [-0.4, -0.2) is 33.0 Å². The van der Waals surface area contributed by atoms with Crippen molar-refractivity contribution in [1.29, 1.82) is 0 Å². The first kappa shape index (κ1) is 23.0. The van der Waals surface area contributed by atoms with Gasteiger partial charge in [0, 0.05) is 23.6 Å². The minimum atomic E-state index is -0.368. The third-order valence-corrected chi connectivity index (χ3v) is 3.51. The van der Waals surface area contributed by atoms with Crippen LogP contribution in [0.2, 0.25) is 5.15 Å². The molecule has 0 spiro atoms. The summed E-state index contributed by atoms with van der Waals surface area (Å²) >= 11 is 5.92. The maximum Gasteiger partial charge on any atom is 1.00 e. The first-order chi connectivity index (χ1) is 12.2. The molecular weight excluding hydrogens is 379 g/mol. The van der Waals surface area contributed by atoms with Gasteiger partial charge in [0.15, 0.2) is 0 Å². The summed E-state index contributed by atoms with van der Waals surface area (Å²) in [6.45, 7) is 2.10. The molecule has 0 saturated carbocycles. The summed E-state index contributed by atoms with van der Waals surface area (Å²) in [6, 6.07) is 12.3. The molecule has 0 fully saturated rings. The molecular formula is C18H16ClN4NaO3. The van der Waals surface area contributed by atoms with Gasteiger partial charge in [-0.2, -0.15) is 0 Å². The van der Waals surface area contributed by atoms with Crippen molar-refractivity contribution < 1.29 is 44.6 Å². The Labute approximate surface area is 183 Å². The molecule has 3 aromatic rings. The molecule has 0 unspecified atom stereocenters. The number of carbonyl (C=O) groups is 1. The van der Waals surface area contributed by atoms with Crippen molar-refractivity contribution in [2.45, 2.75) is 6.92 Å². The fourth-order valence-corrected chi connectivity index (χ4v) is 2.38. The van der Waals surface area contributed by atoms with E-state index >= 15 is 0 Å². The second kappa shape index (κ2) is 11.0. The molecule has 0 amide bonds. The molecule has 1 aromatic carbocycles. The number of ether oxygens (including phenoxy) is 1. The van der Waals surface area contributed by atoms with Crippen LogP contribution in [-0.2, 0) is 4.74 Å². The number of halogens is 1. The summed E-state index contributed by atoms with van der Waals surface area (Å²) in [5.41, 5.74) is 2.70. The molecule has 0 atom stereocenters. The van der Waals surface area contributed by atoms with Gasteiger partial charge in [-0.25, -0.2) is 19.7 Å². The fourth-order valence-electron chi connectivity index (χ4n) is 2.21. The third kappa shape index (κ3) is 6.27. The van der Waals surface area contributed by atoms with E-state index in [9.17, 15) is 4.79 Å². The van der Waals surface area contributed by atoms with Gasteiger partial charge in [0.2, 0.25) is 5.95 Å². The van der Waals surface area contributed by atoms with E-state index in [4.69, 9.17) is 16.3 Å². The van der Waals surface area contributed by atoms with Crippen molar-refractivity contribution in [2.75, 3.05) is 11.9 Å². The Morgan fingerprint density at radius 3 is 2.67 bits per heavy atom. The van der Waals surface area contributed by atoms with E-state index in [0.717, 1.165) is 5.56 Å². The van der Waals surface area contributed by atoms with E-state index in [1.807, 2.05) is 12.1 Å². The predicted octanol–water partition coefficient (Wildman–Crippen LogP) is 0.940. The quantitative estimate of drug-likeness (QED) is 0.390. The van der Waals surface area contributed by atoms with Crippen LogP contribution in [0.3, 0.4) is 0 Å². The molecule has 2 heterocycles. The summed E-state index contributed by atoms with van der Waals surface area (Å²) in [7, 11) is 0. The summed E-state index contributed by atoms with van der Waals surface area (Å²) in [4.78, 5) is 24.5. The minimum absolute atomic E-state index is 0. The number of nitrogens with zero attached hydrogens (tertiary/aromatic N) is 3. The van der Waals surface area contributed by atoms with Crippen LogP contribution in [0.5, 0.6) is 0 Å². The van der Waals surface area contributed by atoms with Crippen LogP contribution < -0.4 is 34.9 Å². The van der Waals surface area contributed by atoms with Crippen molar-refractivity contribution in [3.05, 3.63) is 65.6 Å². The van der Waals surface area contributed by atoms with Gasteiger partial charge in [-0.3, -0.25) is 0 Å². The van der Waals surface area contributed by atoms with Crippen molar-refractivity contribution in [2.24, 2.45) is 0 Å². The van der Waals surface area contributed by atoms with Crippen molar-refractivity contribution in [3.8, 4) is 11.3 Å². The number of anilines is 2. The number of carbonyl (C=O) groups excluding carboxylic acids is 1. The molecule has 3 rings (SSSR count). The third-order valence-electron chi connectivity index (χ3n) is 3.31. The van der Waals surface area contributed by atoms with Crippen molar-refractivity contribution in [1.82, 2.24) is 15.0 Å². The SMILES string of the molecule is CCOC(=O)c1cccc(Nc2nccc(-c3ccnc(Cl)c3)n2)c1.[Na+].[OH-]. The Kier molecular flexibility index (Phi) is 9.34. The van der Waals surface area contributed by atoms with Crippen LogP contribution in [0, 0.1) is 0 Å². The zero-order valence-corrected chi connectivity index (χ0v) is 17.6. The summed E-state index contributed by atoms with van der Waals surface area (Å²) < 4.78 is 5.00. The molecule has 0 saturated heterocycles. The molecule has 0 aliphatic rings. The van der Waals surface area contributed by atoms with Gasteiger partial charge in [0.1, 0.15) is 5.15 Å². The molecule has 2 N–H and O–H groups in total. The van der Waals surface area contributed by atoms with Gasteiger partial charge in [-0.15, -0.1) is 0 Å².